The van der Waals surface area contributed by atoms with E-state index in [-0.39, 0.29) is 32.3 Å². The first-order chi connectivity index (χ1) is 18.0. The summed E-state index contributed by atoms with van der Waals surface area (Å²) in [7, 11) is -8.99. The average Bonchev–Trinajstić information content (AvgIpc) is 2.89. The van der Waals surface area contributed by atoms with E-state index >= 15 is 0 Å². The molecule has 0 saturated heterocycles. The van der Waals surface area contributed by atoms with Crippen molar-refractivity contribution >= 4 is 43.2 Å². The third-order valence-electron chi connectivity index (χ3n) is 6.19. The number of para-hydroxylation sites is 2. The van der Waals surface area contributed by atoms with E-state index < -0.39 is 31.9 Å². The minimum absolute atomic E-state index is 0.152. The van der Waals surface area contributed by atoms with Crippen LogP contribution in [-0.4, -0.2) is 28.6 Å². The number of rotatable bonds is 4. The molecule has 0 saturated carbocycles. The minimum atomic E-state index is -4.49. The van der Waals surface area contributed by atoms with Crippen LogP contribution in [0.3, 0.4) is 0 Å². The fourth-order valence-corrected chi connectivity index (χ4v) is 7.06. The standard InChI is InChI=1S/C28H22N2O6S2/c1-19-11-15-21(16-12-19)37(33,34)29-25-9-5-3-7-23(25)28(32)30(26-10-6-4-8-24(26)27(29)31)38(35,36)22-17-13-20(2)14-18-22/h3-18H,1-2H3. The number of sulfonamides is 2. The summed E-state index contributed by atoms with van der Waals surface area (Å²) in [6.45, 7) is 3.59. The van der Waals surface area contributed by atoms with Crippen LogP contribution in [0.25, 0.3) is 0 Å². The highest BCUT2D eigenvalue weighted by molar-refractivity contribution is 7.94. The van der Waals surface area contributed by atoms with Gasteiger partial charge in [-0.25, -0.2) is 16.8 Å². The summed E-state index contributed by atoms with van der Waals surface area (Å²) in [4.78, 5) is 27.7. The lowest BCUT2D eigenvalue weighted by Crippen LogP contribution is -2.45. The largest absolute Gasteiger partial charge is 0.274 e. The molecule has 0 aromatic heterocycles. The fourth-order valence-electron chi connectivity index (χ4n) is 4.21. The van der Waals surface area contributed by atoms with Gasteiger partial charge in [0.05, 0.1) is 32.3 Å². The van der Waals surface area contributed by atoms with Gasteiger partial charge in [0.15, 0.2) is 0 Å². The third-order valence-corrected chi connectivity index (χ3v) is 9.62. The number of fused-ring (bicyclic) bond motifs is 2. The lowest BCUT2D eigenvalue weighted by atomic mass is 10.1. The van der Waals surface area contributed by atoms with Crippen molar-refractivity contribution in [3.8, 4) is 0 Å². The summed E-state index contributed by atoms with van der Waals surface area (Å²) >= 11 is 0. The van der Waals surface area contributed by atoms with Crippen LogP contribution in [0, 0.1) is 13.8 Å². The number of benzene rings is 4. The first-order valence-corrected chi connectivity index (χ1v) is 14.4. The maximum absolute atomic E-state index is 14.0. The molecule has 0 aliphatic carbocycles. The summed E-state index contributed by atoms with van der Waals surface area (Å²) in [5, 5.41) is 0. The molecule has 0 N–H and O–H groups in total. The van der Waals surface area contributed by atoms with Gasteiger partial charge in [0.25, 0.3) is 31.9 Å². The Kier molecular flexibility index (Phi) is 6.16. The predicted octanol–water partition coefficient (Wildman–Crippen LogP) is 4.69. The molecule has 38 heavy (non-hydrogen) atoms. The van der Waals surface area contributed by atoms with E-state index in [1.807, 2.05) is 0 Å². The highest BCUT2D eigenvalue weighted by Gasteiger charge is 2.43. The number of nitrogens with zero attached hydrogens (tertiary/aromatic N) is 2. The first kappa shape index (κ1) is 25.4. The Morgan fingerprint density at radius 1 is 0.474 bits per heavy atom. The van der Waals surface area contributed by atoms with E-state index in [1.54, 1.807) is 38.1 Å². The van der Waals surface area contributed by atoms with Gasteiger partial charge in [-0.2, -0.15) is 8.61 Å². The molecule has 0 spiro atoms. The maximum Gasteiger partial charge on any atom is 0.274 e. The van der Waals surface area contributed by atoms with E-state index in [0.29, 0.717) is 8.61 Å². The van der Waals surface area contributed by atoms with Gasteiger partial charge in [-0.15, -0.1) is 0 Å². The molecule has 10 heteroatoms. The van der Waals surface area contributed by atoms with Crippen molar-refractivity contribution in [1.82, 2.24) is 0 Å². The van der Waals surface area contributed by atoms with Gasteiger partial charge >= 0.3 is 0 Å². The monoisotopic (exact) mass is 546 g/mol. The van der Waals surface area contributed by atoms with E-state index in [0.717, 1.165) is 11.1 Å². The van der Waals surface area contributed by atoms with Gasteiger partial charge in [0, 0.05) is 0 Å². The molecule has 0 bridgehead atoms. The molecule has 5 rings (SSSR count). The van der Waals surface area contributed by atoms with Crippen molar-refractivity contribution < 1.29 is 26.4 Å². The van der Waals surface area contributed by atoms with Crippen LogP contribution in [0.5, 0.6) is 0 Å². The quantitative estimate of drug-likeness (QED) is 0.368. The summed E-state index contributed by atoms with van der Waals surface area (Å²) in [6.07, 6.45) is 0. The van der Waals surface area contributed by atoms with Crippen molar-refractivity contribution in [3.63, 3.8) is 0 Å². The average molecular weight is 547 g/mol. The normalized spacial score (nSPS) is 13.9. The molecule has 1 aliphatic heterocycles. The summed E-state index contributed by atoms with van der Waals surface area (Å²) < 4.78 is 56.5. The smallest absolute Gasteiger partial charge is 0.267 e. The summed E-state index contributed by atoms with van der Waals surface area (Å²) in [6, 6.07) is 23.0. The number of aryl methyl sites for hydroxylation is 2. The van der Waals surface area contributed by atoms with Crippen LogP contribution in [0.2, 0.25) is 0 Å². The summed E-state index contributed by atoms with van der Waals surface area (Å²) in [5.74, 6) is -1.99. The number of hydrogen-bond acceptors (Lipinski definition) is 6. The Morgan fingerprint density at radius 3 is 1.13 bits per heavy atom. The van der Waals surface area contributed by atoms with Crippen molar-refractivity contribution in [2.45, 2.75) is 23.6 Å². The zero-order chi connectivity index (χ0) is 27.2. The highest BCUT2D eigenvalue weighted by Crippen LogP contribution is 2.38. The molecule has 1 heterocycles. The Balaban J connectivity index is 1.80. The molecule has 8 nitrogen and oxygen atoms in total. The van der Waals surface area contributed by atoms with E-state index in [2.05, 4.69) is 0 Å². The third kappa shape index (κ3) is 4.07. The minimum Gasteiger partial charge on any atom is -0.267 e. The number of hydrogen-bond donors (Lipinski definition) is 0. The Labute approximate surface area is 220 Å². The lowest BCUT2D eigenvalue weighted by Gasteiger charge is -2.32. The zero-order valence-corrected chi connectivity index (χ0v) is 22.0. The van der Waals surface area contributed by atoms with Gasteiger partial charge in [-0.3, -0.25) is 9.59 Å². The maximum atomic E-state index is 14.0. The van der Waals surface area contributed by atoms with Crippen LogP contribution >= 0.6 is 0 Å². The molecular weight excluding hydrogens is 524 g/mol. The molecule has 4 aromatic carbocycles. The first-order valence-electron chi connectivity index (χ1n) is 11.5. The Bertz CT molecular complexity index is 1660. The molecule has 2 amide bonds. The Hall–Kier alpha value is -4.28. The number of carbonyl (C=O) groups is 2. The van der Waals surface area contributed by atoms with Crippen molar-refractivity contribution in [2.24, 2.45) is 0 Å². The topological polar surface area (TPSA) is 109 Å². The van der Waals surface area contributed by atoms with Gasteiger partial charge in [-0.1, -0.05) is 59.7 Å². The second kappa shape index (κ2) is 9.23. The van der Waals surface area contributed by atoms with Crippen LogP contribution < -0.4 is 8.61 Å². The SMILES string of the molecule is Cc1ccc(S(=O)(=O)N2C(=O)c3ccccc3N(S(=O)(=O)c3ccc(C)cc3)C(=O)c3ccccc32)cc1. The van der Waals surface area contributed by atoms with Crippen LogP contribution in [-0.2, 0) is 20.0 Å². The van der Waals surface area contributed by atoms with Gasteiger partial charge in [-0.05, 0) is 62.4 Å². The number of amides is 2. The number of anilines is 2. The van der Waals surface area contributed by atoms with E-state index in [1.165, 1.54) is 72.8 Å². The molecule has 0 atom stereocenters. The van der Waals surface area contributed by atoms with Crippen molar-refractivity contribution in [1.29, 1.82) is 0 Å². The van der Waals surface area contributed by atoms with Gasteiger partial charge in [0.2, 0.25) is 0 Å². The van der Waals surface area contributed by atoms with Crippen LogP contribution in [0.15, 0.2) is 107 Å². The Morgan fingerprint density at radius 2 is 0.789 bits per heavy atom. The molecule has 0 fully saturated rings. The van der Waals surface area contributed by atoms with E-state index in [4.69, 9.17) is 0 Å². The van der Waals surface area contributed by atoms with E-state index in [9.17, 15) is 26.4 Å². The molecule has 0 unspecified atom stereocenters. The molecular formula is C28H22N2O6S2. The fraction of sp³-hybridized carbons (Fsp3) is 0.0714. The molecule has 4 aromatic rings. The molecule has 0 radical (unpaired) electrons. The summed E-state index contributed by atoms with van der Waals surface area (Å²) in [5.41, 5.74) is 0.619. The second-order valence-electron chi connectivity index (χ2n) is 8.81. The van der Waals surface area contributed by atoms with Gasteiger partial charge < -0.3 is 0 Å². The van der Waals surface area contributed by atoms with Crippen LogP contribution in [0.1, 0.15) is 31.8 Å². The van der Waals surface area contributed by atoms with Crippen LogP contribution in [0.4, 0.5) is 11.4 Å². The second-order valence-corrected chi connectivity index (χ2v) is 12.4. The van der Waals surface area contributed by atoms with Crippen molar-refractivity contribution in [2.75, 3.05) is 8.61 Å². The van der Waals surface area contributed by atoms with Crippen molar-refractivity contribution in [3.05, 3.63) is 119 Å². The highest BCUT2D eigenvalue weighted by atomic mass is 32.2. The van der Waals surface area contributed by atoms with Gasteiger partial charge in [0.1, 0.15) is 0 Å². The number of carbonyl (C=O) groups excluding carboxylic acids is 2. The molecule has 1 aliphatic rings. The predicted molar refractivity (Wildman–Crippen MR) is 143 cm³/mol. The molecule has 192 valence electrons. The zero-order valence-electron chi connectivity index (χ0n) is 20.4. The lowest BCUT2D eigenvalue weighted by molar-refractivity contribution is 0.0996.